The van der Waals surface area contributed by atoms with Gasteiger partial charge < -0.3 is 10.6 Å². The van der Waals surface area contributed by atoms with Crippen molar-refractivity contribution in [1.82, 2.24) is 20.6 Å². The number of guanidine groups is 1. The Balaban J connectivity index is 0.00000280. The Hall–Kier alpha value is -2.00. The molecule has 0 saturated carbocycles. The van der Waals surface area contributed by atoms with Crippen LogP contribution in [0.3, 0.4) is 0 Å². The van der Waals surface area contributed by atoms with Gasteiger partial charge in [0.15, 0.2) is 5.96 Å². The number of benzene rings is 1. The van der Waals surface area contributed by atoms with Crippen LogP contribution in [0.2, 0.25) is 0 Å². The van der Waals surface area contributed by atoms with Gasteiger partial charge in [-0.15, -0.1) is 35.3 Å². The number of thiazole rings is 1. The van der Waals surface area contributed by atoms with Crippen LogP contribution >= 0.6 is 35.3 Å². The van der Waals surface area contributed by atoms with Crippen LogP contribution in [0.5, 0.6) is 0 Å². The number of aryl methyl sites for hydroxylation is 1. The molecule has 0 aliphatic rings. The molecule has 0 radical (unpaired) electrons. The van der Waals surface area contributed by atoms with Gasteiger partial charge in [-0.25, -0.2) is 9.98 Å². The van der Waals surface area contributed by atoms with E-state index in [1.54, 1.807) is 17.5 Å². The largest absolute Gasteiger partial charge is 0.357 e. The Bertz CT molecular complexity index is 862. The Kier molecular flexibility index (Phi) is 9.36. The number of aliphatic imine (C=N–C) groups is 1. The van der Waals surface area contributed by atoms with E-state index in [-0.39, 0.29) is 24.0 Å². The predicted octanol–water partition coefficient (Wildman–Crippen LogP) is 4.43. The van der Waals surface area contributed by atoms with Gasteiger partial charge in [-0.05, 0) is 26.0 Å². The van der Waals surface area contributed by atoms with Gasteiger partial charge in [0.1, 0.15) is 5.01 Å². The first-order valence-corrected chi connectivity index (χ1v) is 10.1. The molecule has 0 spiro atoms. The first-order valence-electron chi connectivity index (χ1n) is 9.18. The van der Waals surface area contributed by atoms with E-state index < -0.39 is 0 Å². The Morgan fingerprint density at radius 1 is 1.07 bits per heavy atom. The summed E-state index contributed by atoms with van der Waals surface area (Å²) in [4.78, 5) is 13.6. The summed E-state index contributed by atoms with van der Waals surface area (Å²) in [5, 5.41) is 9.84. The Morgan fingerprint density at radius 3 is 2.61 bits per heavy atom. The number of rotatable bonds is 7. The zero-order chi connectivity index (χ0) is 18.9. The first-order chi connectivity index (χ1) is 13.2. The molecule has 0 amide bonds. The summed E-state index contributed by atoms with van der Waals surface area (Å²) < 4.78 is 0. The molecule has 7 heteroatoms. The van der Waals surface area contributed by atoms with Crippen molar-refractivity contribution in [1.29, 1.82) is 0 Å². The second-order valence-electron chi connectivity index (χ2n) is 6.20. The molecule has 28 heavy (non-hydrogen) atoms. The molecule has 3 aromatic rings. The highest BCUT2D eigenvalue weighted by atomic mass is 127. The summed E-state index contributed by atoms with van der Waals surface area (Å²) in [6, 6.07) is 14.4. The van der Waals surface area contributed by atoms with E-state index in [1.807, 2.05) is 18.2 Å². The molecule has 2 N–H and O–H groups in total. The van der Waals surface area contributed by atoms with Gasteiger partial charge in [-0.1, -0.05) is 35.9 Å². The van der Waals surface area contributed by atoms with Crippen molar-refractivity contribution in [2.24, 2.45) is 4.99 Å². The van der Waals surface area contributed by atoms with Gasteiger partial charge in [0.2, 0.25) is 0 Å². The normalized spacial score (nSPS) is 11.0. The highest BCUT2D eigenvalue weighted by molar-refractivity contribution is 14.0. The molecule has 0 bridgehead atoms. The lowest BCUT2D eigenvalue weighted by molar-refractivity contribution is 0.789. The van der Waals surface area contributed by atoms with Crippen LogP contribution in [-0.4, -0.2) is 29.0 Å². The van der Waals surface area contributed by atoms with Crippen LogP contribution in [0.15, 0.2) is 59.0 Å². The Labute approximate surface area is 187 Å². The van der Waals surface area contributed by atoms with Crippen molar-refractivity contribution >= 4 is 41.3 Å². The number of nitrogens with zero attached hydrogens (tertiary/aromatic N) is 3. The SMILES string of the molecule is CCNC(=NCc1ccccn1)NCCc1csc(-c2ccc(C)cc2)n1.I. The minimum absolute atomic E-state index is 0. The molecular formula is C21H26IN5S. The average Bonchev–Trinajstić information content (AvgIpc) is 3.16. The number of hydrogen-bond donors (Lipinski definition) is 2. The van der Waals surface area contributed by atoms with E-state index in [2.05, 4.69) is 64.1 Å². The van der Waals surface area contributed by atoms with Gasteiger partial charge in [0.05, 0.1) is 17.9 Å². The number of pyridine rings is 1. The average molecular weight is 507 g/mol. The smallest absolute Gasteiger partial charge is 0.191 e. The quantitative estimate of drug-likeness (QED) is 0.282. The minimum atomic E-state index is 0. The Morgan fingerprint density at radius 2 is 1.89 bits per heavy atom. The third-order valence-electron chi connectivity index (χ3n) is 3.99. The summed E-state index contributed by atoms with van der Waals surface area (Å²) in [7, 11) is 0. The van der Waals surface area contributed by atoms with Gasteiger partial charge in [-0.2, -0.15) is 0 Å². The zero-order valence-corrected chi connectivity index (χ0v) is 19.3. The predicted molar refractivity (Wildman–Crippen MR) is 128 cm³/mol. The van der Waals surface area contributed by atoms with E-state index in [0.717, 1.165) is 41.9 Å². The topological polar surface area (TPSA) is 62.2 Å². The van der Waals surface area contributed by atoms with E-state index in [4.69, 9.17) is 4.98 Å². The maximum atomic E-state index is 4.75. The summed E-state index contributed by atoms with van der Waals surface area (Å²) >= 11 is 1.69. The van der Waals surface area contributed by atoms with Crippen molar-refractivity contribution in [3.8, 4) is 10.6 Å². The molecule has 0 atom stereocenters. The van der Waals surface area contributed by atoms with Gasteiger partial charge >= 0.3 is 0 Å². The van der Waals surface area contributed by atoms with Crippen LogP contribution in [0, 0.1) is 6.92 Å². The summed E-state index contributed by atoms with van der Waals surface area (Å²) in [6.45, 7) is 6.32. The molecule has 0 saturated heterocycles. The van der Waals surface area contributed by atoms with E-state index >= 15 is 0 Å². The zero-order valence-electron chi connectivity index (χ0n) is 16.2. The second kappa shape index (κ2) is 11.8. The van der Waals surface area contributed by atoms with Crippen LogP contribution in [0.4, 0.5) is 0 Å². The lowest BCUT2D eigenvalue weighted by Crippen LogP contribution is -2.38. The third kappa shape index (κ3) is 6.87. The summed E-state index contributed by atoms with van der Waals surface area (Å²) in [5.41, 5.74) is 4.50. The maximum Gasteiger partial charge on any atom is 0.191 e. The van der Waals surface area contributed by atoms with Crippen LogP contribution < -0.4 is 10.6 Å². The van der Waals surface area contributed by atoms with E-state index in [1.165, 1.54) is 11.1 Å². The van der Waals surface area contributed by atoms with Gasteiger partial charge in [0, 0.05) is 36.7 Å². The van der Waals surface area contributed by atoms with Crippen LogP contribution in [-0.2, 0) is 13.0 Å². The molecule has 0 unspecified atom stereocenters. The molecule has 0 aliphatic heterocycles. The fourth-order valence-corrected chi connectivity index (χ4v) is 3.41. The lowest BCUT2D eigenvalue weighted by Gasteiger charge is -2.10. The molecule has 0 fully saturated rings. The monoisotopic (exact) mass is 507 g/mol. The maximum absolute atomic E-state index is 4.75. The molecule has 5 nitrogen and oxygen atoms in total. The number of nitrogens with one attached hydrogen (secondary N) is 2. The number of halogens is 1. The van der Waals surface area contributed by atoms with E-state index in [0.29, 0.717) is 6.54 Å². The summed E-state index contributed by atoms with van der Waals surface area (Å²) in [6.07, 6.45) is 2.65. The van der Waals surface area contributed by atoms with Crippen LogP contribution in [0.1, 0.15) is 23.9 Å². The third-order valence-corrected chi connectivity index (χ3v) is 4.93. The molecular weight excluding hydrogens is 481 g/mol. The van der Waals surface area contributed by atoms with Crippen molar-refractivity contribution in [3.63, 3.8) is 0 Å². The van der Waals surface area contributed by atoms with Crippen LogP contribution in [0.25, 0.3) is 10.6 Å². The van der Waals surface area contributed by atoms with Crippen molar-refractivity contribution < 1.29 is 0 Å². The number of aromatic nitrogens is 2. The molecule has 1 aromatic carbocycles. The van der Waals surface area contributed by atoms with Gasteiger partial charge in [0.25, 0.3) is 0 Å². The van der Waals surface area contributed by atoms with E-state index in [9.17, 15) is 0 Å². The molecule has 2 aromatic heterocycles. The highest BCUT2D eigenvalue weighted by Gasteiger charge is 2.05. The fourth-order valence-electron chi connectivity index (χ4n) is 2.55. The molecule has 0 aliphatic carbocycles. The molecule has 148 valence electrons. The summed E-state index contributed by atoms with van der Waals surface area (Å²) in [5.74, 6) is 0.803. The minimum Gasteiger partial charge on any atom is -0.357 e. The van der Waals surface area contributed by atoms with Crippen molar-refractivity contribution in [2.75, 3.05) is 13.1 Å². The standard InChI is InChI=1S/C21H25N5S.HI/c1-3-22-21(25-14-18-6-4-5-12-23-18)24-13-11-19-15-27-20(26-19)17-9-7-16(2)8-10-17;/h4-10,12,15H,3,11,13-14H2,1-2H3,(H2,22,24,25);1H. The van der Waals surface area contributed by atoms with Gasteiger partial charge in [-0.3, -0.25) is 4.98 Å². The lowest BCUT2D eigenvalue weighted by atomic mass is 10.2. The highest BCUT2D eigenvalue weighted by Crippen LogP contribution is 2.24. The molecule has 2 heterocycles. The first kappa shape index (κ1) is 22.3. The van der Waals surface area contributed by atoms with Crippen molar-refractivity contribution in [3.05, 3.63) is 71.0 Å². The molecule has 3 rings (SSSR count). The second-order valence-corrected chi connectivity index (χ2v) is 7.06. The number of hydrogen-bond acceptors (Lipinski definition) is 4. The van der Waals surface area contributed by atoms with Crippen molar-refractivity contribution in [2.45, 2.75) is 26.8 Å². The fraction of sp³-hybridized carbons (Fsp3) is 0.286.